The predicted molar refractivity (Wildman–Crippen MR) is 94.0 cm³/mol. The van der Waals surface area contributed by atoms with E-state index in [0.29, 0.717) is 17.1 Å². The molecule has 1 unspecified atom stereocenters. The van der Waals surface area contributed by atoms with E-state index in [1.54, 1.807) is 24.5 Å². The minimum atomic E-state index is -0.547. The van der Waals surface area contributed by atoms with Crippen LogP contribution in [0.2, 0.25) is 5.02 Å². The van der Waals surface area contributed by atoms with Crippen molar-refractivity contribution in [2.75, 3.05) is 37.6 Å². The Morgan fingerprint density at radius 2 is 1.88 bits per heavy atom. The first-order valence-corrected chi connectivity index (χ1v) is 8.30. The molecule has 1 atom stereocenters. The molecular formula is C18H19ClN4O. The van der Waals surface area contributed by atoms with Crippen molar-refractivity contribution in [2.24, 2.45) is 0 Å². The number of aliphatic hydroxyl groups is 1. The second kappa shape index (κ2) is 7.63. The molecule has 5 nitrogen and oxygen atoms in total. The summed E-state index contributed by atoms with van der Waals surface area (Å²) in [5, 5.41) is 19.9. The number of nitrogens with zero attached hydrogens (tertiary/aromatic N) is 4. The Kier molecular flexibility index (Phi) is 5.31. The number of halogens is 1. The van der Waals surface area contributed by atoms with E-state index in [1.807, 2.05) is 18.2 Å². The number of β-amino-alcohol motifs (C(OH)–C–C–N with tert-alkyl or cyclic N) is 1. The van der Waals surface area contributed by atoms with E-state index >= 15 is 0 Å². The summed E-state index contributed by atoms with van der Waals surface area (Å²) in [6, 6.07) is 11.1. The van der Waals surface area contributed by atoms with Crippen LogP contribution in [0.5, 0.6) is 0 Å². The normalized spacial score (nSPS) is 16.6. The van der Waals surface area contributed by atoms with Crippen LogP contribution >= 0.6 is 11.6 Å². The summed E-state index contributed by atoms with van der Waals surface area (Å²) in [4.78, 5) is 8.51. The highest BCUT2D eigenvalue weighted by Crippen LogP contribution is 2.25. The lowest BCUT2D eigenvalue weighted by Crippen LogP contribution is -2.47. The number of aliphatic hydroxyl groups excluding tert-OH is 1. The summed E-state index contributed by atoms with van der Waals surface area (Å²) >= 11 is 6.20. The monoisotopic (exact) mass is 342 g/mol. The molecule has 1 fully saturated rings. The van der Waals surface area contributed by atoms with Crippen molar-refractivity contribution in [3.05, 3.63) is 58.9 Å². The molecule has 3 rings (SSSR count). The van der Waals surface area contributed by atoms with E-state index in [2.05, 4.69) is 20.9 Å². The van der Waals surface area contributed by atoms with E-state index in [9.17, 15) is 5.11 Å². The Labute approximate surface area is 146 Å². The fourth-order valence-electron chi connectivity index (χ4n) is 2.93. The van der Waals surface area contributed by atoms with Crippen molar-refractivity contribution < 1.29 is 5.11 Å². The molecule has 1 aromatic heterocycles. The molecule has 124 valence electrons. The molecule has 0 bridgehead atoms. The molecule has 0 amide bonds. The topological polar surface area (TPSA) is 63.4 Å². The zero-order valence-electron chi connectivity index (χ0n) is 13.3. The van der Waals surface area contributed by atoms with E-state index in [0.717, 1.165) is 37.4 Å². The molecule has 24 heavy (non-hydrogen) atoms. The van der Waals surface area contributed by atoms with Gasteiger partial charge in [-0.2, -0.15) is 5.26 Å². The smallest absolute Gasteiger partial charge is 0.0991 e. The molecule has 0 spiro atoms. The zero-order valence-corrected chi connectivity index (χ0v) is 14.0. The average molecular weight is 343 g/mol. The van der Waals surface area contributed by atoms with Gasteiger partial charge in [-0.15, -0.1) is 0 Å². The van der Waals surface area contributed by atoms with Crippen LogP contribution in [0.25, 0.3) is 0 Å². The third kappa shape index (κ3) is 3.85. The van der Waals surface area contributed by atoms with Crippen LogP contribution in [0.3, 0.4) is 0 Å². The first kappa shape index (κ1) is 16.7. The lowest BCUT2D eigenvalue weighted by Gasteiger charge is -2.37. The molecule has 1 aliphatic rings. The second-order valence-electron chi connectivity index (χ2n) is 5.86. The Bertz CT molecular complexity index is 721. The summed E-state index contributed by atoms with van der Waals surface area (Å²) in [6.07, 6.45) is 2.87. The second-order valence-corrected chi connectivity index (χ2v) is 6.27. The van der Waals surface area contributed by atoms with Crippen molar-refractivity contribution in [1.29, 1.82) is 5.26 Å². The molecule has 0 radical (unpaired) electrons. The Morgan fingerprint density at radius 1 is 1.17 bits per heavy atom. The van der Waals surface area contributed by atoms with Crippen molar-refractivity contribution in [3.63, 3.8) is 0 Å². The third-order valence-corrected chi connectivity index (χ3v) is 4.61. The Balaban J connectivity index is 1.55. The summed E-state index contributed by atoms with van der Waals surface area (Å²) in [5.74, 6) is 0. The third-order valence-electron chi connectivity index (χ3n) is 4.32. The quantitative estimate of drug-likeness (QED) is 0.924. The largest absolute Gasteiger partial charge is 0.387 e. The van der Waals surface area contributed by atoms with Crippen LogP contribution in [-0.2, 0) is 0 Å². The van der Waals surface area contributed by atoms with Gasteiger partial charge in [0.2, 0.25) is 0 Å². The van der Waals surface area contributed by atoms with Gasteiger partial charge in [0.15, 0.2) is 0 Å². The molecule has 2 aromatic rings. The maximum Gasteiger partial charge on any atom is 0.0991 e. The van der Waals surface area contributed by atoms with Crippen molar-refractivity contribution >= 4 is 17.3 Å². The minimum absolute atomic E-state index is 0.547. The van der Waals surface area contributed by atoms with Gasteiger partial charge in [0.1, 0.15) is 0 Å². The molecule has 2 heterocycles. The number of aromatic nitrogens is 1. The number of benzene rings is 1. The van der Waals surface area contributed by atoms with Crippen LogP contribution in [0.1, 0.15) is 17.2 Å². The van der Waals surface area contributed by atoms with Crippen LogP contribution in [0, 0.1) is 11.3 Å². The van der Waals surface area contributed by atoms with Crippen LogP contribution in [0.15, 0.2) is 42.7 Å². The zero-order chi connectivity index (χ0) is 16.9. The fraction of sp³-hybridized carbons (Fsp3) is 0.333. The molecule has 0 aliphatic carbocycles. The van der Waals surface area contributed by atoms with Gasteiger partial charge in [-0.3, -0.25) is 9.88 Å². The van der Waals surface area contributed by atoms with Gasteiger partial charge in [-0.1, -0.05) is 23.7 Å². The Morgan fingerprint density at radius 3 is 2.50 bits per heavy atom. The lowest BCUT2D eigenvalue weighted by atomic mass is 10.1. The van der Waals surface area contributed by atoms with Gasteiger partial charge >= 0.3 is 0 Å². The summed E-state index contributed by atoms with van der Waals surface area (Å²) in [7, 11) is 0. The highest BCUT2D eigenvalue weighted by Gasteiger charge is 2.21. The van der Waals surface area contributed by atoms with E-state index in [4.69, 9.17) is 16.9 Å². The first-order chi connectivity index (χ1) is 11.7. The molecular weight excluding hydrogens is 324 g/mol. The van der Waals surface area contributed by atoms with Crippen LogP contribution < -0.4 is 4.90 Å². The molecule has 6 heteroatoms. The maximum absolute atomic E-state index is 10.4. The SMILES string of the molecule is N#Cc1ccc(C(O)CN2CCN(c3ccncc3Cl)CC2)cc1. The van der Waals surface area contributed by atoms with Gasteiger partial charge in [0.05, 0.1) is 28.4 Å². The summed E-state index contributed by atoms with van der Waals surface area (Å²) < 4.78 is 0. The Hall–Kier alpha value is -2.13. The van der Waals surface area contributed by atoms with Gasteiger partial charge < -0.3 is 10.0 Å². The lowest BCUT2D eigenvalue weighted by molar-refractivity contribution is 0.109. The maximum atomic E-state index is 10.4. The predicted octanol–water partition coefficient (Wildman–Crippen LogP) is 2.46. The molecule has 1 aliphatic heterocycles. The number of hydrogen-bond donors (Lipinski definition) is 1. The van der Waals surface area contributed by atoms with E-state index in [1.165, 1.54) is 0 Å². The van der Waals surface area contributed by atoms with Crippen LogP contribution in [0.4, 0.5) is 5.69 Å². The average Bonchev–Trinajstić information content (AvgIpc) is 2.63. The number of piperazine rings is 1. The standard InChI is InChI=1S/C18H19ClN4O/c19-16-12-21-6-5-17(16)23-9-7-22(8-10-23)13-18(24)15-3-1-14(11-20)2-4-15/h1-6,12,18,24H,7-10,13H2. The van der Waals surface area contributed by atoms with Crippen molar-refractivity contribution in [2.45, 2.75) is 6.10 Å². The van der Waals surface area contributed by atoms with E-state index in [-0.39, 0.29) is 0 Å². The first-order valence-electron chi connectivity index (χ1n) is 7.92. The number of pyridine rings is 1. The molecule has 1 saturated heterocycles. The molecule has 0 saturated carbocycles. The van der Waals surface area contributed by atoms with Crippen molar-refractivity contribution in [3.8, 4) is 6.07 Å². The number of anilines is 1. The highest BCUT2D eigenvalue weighted by atomic mass is 35.5. The minimum Gasteiger partial charge on any atom is -0.387 e. The van der Waals surface area contributed by atoms with Crippen LogP contribution in [-0.4, -0.2) is 47.7 Å². The number of nitriles is 1. The number of rotatable bonds is 4. The summed E-state index contributed by atoms with van der Waals surface area (Å²) in [6.45, 7) is 4.05. The molecule has 1 aromatic carbocycles. The molecule has 1 N–H and O–H groups in total. The highest BCUT2D eigenvalue weighted by molar-refractivity contribution is 6.33. The summed E-state index contributed by atoms with van der Waals surface area (Å²) in [5.41, 5.74) is 2.46. The van der Waals surface area contributed by atoms with Crippen molar-refractivity contribution in [1.82, 2.24) is 9.88 Å². The van der Waals surface area contributed by atoms with Gasteiger partial charge in [-0.05, 0) is 23.8 Å². The van der Waals surface area contributed by atoms with Gasteiger partial charge in [-0.25, -0.2) is 0 Å². The number of hydrogen-bond acceptors (Lipinski definition) is 5. The van der Waals surface area contributed by atoms with Gasteiger partial charge in [0, 0.05) is 45.1 Å². The van der Waals surface area contributed by atoms with Gasteiger partial charge in [0.25, 0.3) is 0 Å². The van der Waals surface area contributed by atoms with E-state index < -0.39 is 6.10 Å². The fourth-order valence-corrected chi connectivity index (χ4v) is 3.16.